The van der Waals surface area contributed by atoms with Crippen molar-refractivity contribution < 1.29 is 9.53 Å². The molecule has 1 aliphatic rings. The standard InChI is InChI=1S/C18H23N5O2/c1-3-22-9-11-23(12-10-22)18-19-8-7-16(21-18)20-15-6-4-5-14(13-15)17(24)25-2/h4-8,13H,3,9-12H2,1-2H3,(H,19,20,21). The number of nitrogens with one attached hydrogen (secondary N) is 1. The first kappa shape index (κ1) is 17.2. The summed E-state index contributed by atoms with van der Waals surface area (Å²) in [5.41, 5.74) is 1.28. The topological polar surface area (TPSA) is 70.6 Å². The van der Waals surface area contributed by atoms with Gasteiger partial charge in [-0.05, 0) is 30.8 Å². The fraction of sp³-hybridized carbons (Fsp3) is 0.389. The number of methoxy groups -OCH3 is 1. The van der Waals surface area contributed by atoms with Crippen molar-refractivity contribution in [2.75, 3.05) is 50.1 Å². The zero-order valence-electron chi connectivity index (χ0n) is 14.6. The zero-order valence-corrected chi connectivity index (χ0v) is 14.6. The number of anilines is 3. The Morgan fingerprint density at radius 2 is 2.04 bits per heavy atom. The molecule has 0 amide bonds. The largest absolute Gasteiger partial charge is 0.465 e. The Kier molecular flexibility index (Phi) is 5.45. The van der Waals surface area contributed by atoms with Gasteiger partial charge < -0.3 is 19.9 Å². The third-order valence-corrected chi connectivity index (χ3v) is 4.30. The normalized spacial score (nSPS) is 15.0. The molecule has 0 radical (unpaired) electrons. The van der Waals surface area contributed by atoms with E-state index in [0.717, 1.165) is 44.4 Å². The molecular weight excluding hydrogens is 318 g/mol. The second-order valence-corrected chi connectivity index (χ2v) is 5.86. The van der Waals surface area contributed by atoms with Crippen LogP contribution in [0.2, 0.25) is 0 Å². The van der Waals surface area contributed by atoms with E-state index < -0.39 is 0 Å². The molecule has 2 heterocycles. The predicted molar refractivity (Wildman–Crippen MR) is 97.4 cm³/mol. The molecule has 1 N–H and O–H groups in total. The van der Waals surface area contributed by atoms with E-state index in [4.69, 9.17) is 4.74 Å². The van der Waals surface area contributed by atoms with Gasteiger partial charge in [-0.2, -0.15) is 4.98 Å². The zero-order chi connectivity index (χ0) is 17.6. The van der Waals surface area contributed by atoms with Gasteiger partial charge in [-0.25, -0.2) is 9.78 Å². The number of ether oxygens (including phenoxy) is 1. The molecule has 0 saturated carbocycles. The summed E-state index contributed by atoms with van der Waals surface area (Å²) >= 11 is 0. The maximum absolute atomic E-state index is 11.6. The number of carbonyl (C=O) groups is 1. The van der Waals surface area contributed by atoms with E-state index in [1.165, 1.54) is 7.11 Å². The molecule has 1 aliphatic heterocycles. The molecule has 7 heteroatoms. The molecule has 25 heavy (non-hydrogen) atoms. The summed E-state index contributed by atoms with van der Waals surface area (Å²) in [7, 11) is 1.37. The average molecular weight is 341 g/mol. The van der Waals surface area contributed by atoms with Crippen LogP contribution in [0.5, 0.6) is 0 Å². The summed E-state index contributed by atoms with van der Waals surface area (Å²) in [5.74, 6) is 1.07. The van der Waals surface area contributed by atoms with Crippen LogP contribution >= 0.6 is 0 Å². The number of rotatable bonds is 5. The van der Waals surface area contributed by atoms with Gasteiger partial charge in [0.2, 0.25) is 5.95 Å². The van der Waals surface area contributed by atoms with Gasteiger partial charge in [-0.15, -0.1) is 0 Å². The Labute approximate surface area is 147 Å². The van der Waals surface area contributed by atoms with Gasteiger partial charge >= 0.3 is 5.97 Å². The SMILES string of the molecule is CCN1CCN(c2nccc(Nc3cccc(C(=O)OC)c3)n2)CC1. The molecule has 1 aromatic carbocycles. The summed E-state index contributed by atoms with van der Waals surface area (Å²) in [6.45, 7) is 7.16. The molecule has 7 nitrogen and oxygen atoms in total. The lowest BCUT2D eigenvalue weighted by Gasteiger charge is -2.34. The minimum Gasteiger partial charge on any atom is -0.465 e. The summed E-state index contributed by atoms with van der Waals surface area (Å²) in [6, 6.07) is 8.97. The van der Waals surface area contributed by atoms with Gasteiger partial charge in [0.1, 0.15) is 5.82 Å². The van der Waals surface area contributed by atoms with Crippen LogP contribution in [0, 0.1) is 0 Å². The van der Waals surface area contributed by atoms with E-state index in [9.17, 15) is 4.79 Å². The smallest absolute Gasteiger partial charge is 0.337 e. The van der Waals surface area contributed by atoms with Crippen LogP contribution in [0.4, 0.5) is 17.5 Å². The second kappa shape index (κ2) is 7.94. The van der Waals surface area contributed by atoms with E-state index in [-0.39, 0.29) is 5.97 Å². The minimum atomic E-state index is -0.360. The maximum atomic E-state index is 11.6. The van der Waals surface area contributed by atoms with Gasteiger partial charge in [0.15, 0.2) is 0 Å². The molecule has 0 unspecified atom stereocenters. The van der Waals surface area contributed by atoms with E-state index in [0.29, 0.717) is 11.4 Å². The molecule has 0 bridgehead atoms. The van der Waals surface area contributed by atoms with Gasteiger partial charge in [-0.1, -0.05) is 13.0 Å². The van der Waals surface area contributed by atoms with Gasteiger partial charge in [0.05, 0.1) is 12.7 Å². The first-order valence-electron chi connectivity index (χ1n) is 8.45. The summed E-state index contributed by atoms with van der Waals surface area (Å²) in [5, 5.41) is 3.23. The monoisotopic (exact) mass is 341 g/mol. The minimum absolute atomic E-state index is 0.360. The molecule has 1 saturated heterocycles. The highest BCUT2D eigenvalue weighted by molar-refractivity contribution is 5.90. The summed E-state index contributed by atoms with van der Waals surface area (Å²) in [6.07, 6.45) is 1.75. The van der Waals surface area contributed by atoms with Crippen molar-refractivity contribution in [3.05, 3.63) is 42.1 Å². The molecule has 1 aromatic heterocycles. The van der Waals surface area contributed by atoms with Gasteiger partial charge in [0.25, 0.3) is 0 Å². The van der Waals surface area contributed by atoms with E-state index in [1.807, 2.05) is 12.1 Å². The Morgan fingerprint density at radius 1 is 1.24 bits per heavy atom. The van der Waals surface area contributed by atoms with E-state index >= 15 is 0 Å². The molecule has 2 aromatic rings. The number of likely N-dealkylation sites (N-methyl/N-ethyl adjacent to an activating group) is 1. The van der Waals surface area contributed by atoms with E-state index in [2.05, 4.69) is 32.0 Å². The number of benzene rings is 1. The number of esters is 1. The number of carbonyl (C=O) groups excluding carboxylic acids is 1. The molecule has 132 valence electrons. The highest BCUT2D eigenvalue weighted by atomic mass is 16.5. The lowest BCUT2D eigenvalue weighted by molar-refractivity contribution is 0.0601. The Morgan fingerprint density at radius 3 is 2.76 bits per heavy atom. The number of hydrogen-bond donors (Lipinski definition) is 1. The fourth-order valence-corrected chi connectivity index (χ4v) is 2.82. The van der Waals surface area contributed by atoms with Crippen molar-refractivity contribution in [3.8, 4) is 0 Å². The van der Waals surface area contributed by atoms with Crippen LogP contribution < -0.4 is 10.2 Å². The van der Waals surface area contributed by atoms with Gasteiger partial charge in [-0.3, -0.25) is 0 Å². The summed E-state index contributed by atoms with van der Waals surface area (Å²) < 4.78 is 4.75. The number of nitrogens with zero attached hydrogens (tertiary/aromatic N) is 4. The van der Waals surface area contributed by atoms with Crippen LogP contribution in [0.1, 0.15) is 17.3 Å². The molecule has 0 spiro atoms. The summed E-state index contributed by atoms with van der Waals surface area (Å²) in [4.78, 5) is 25.3. The van der Waals surface area contributed by atoms with Crippen molar-refractivity contribution in [1.29, 1.82) is 0 Å². The molecular formula is C18H23N5O2. The first-order chi connectivity index (χ1) is 12.2. The van der Waals surface area contributed by atoms with Crippen LogP contribution in [0.25, 0.3) is 0 Å². The van der Waals surface area contributed by atoms with Crippen molar-refractivity contribution >= 4 is 23.4 Å². The number of aromatic nitrogens is 2. The van der Waals surface area contributed by atoms with Crippen molar-refractivity contribution in [3.63, 3.8) is 0 Å². The van der Waals surface area contributed by atoms with E-state index in [1.54, 1.807) is 24.4 Å². The fourth-order valence-electron chi connectivity index (χ4n) is 2.82. The lowest BCUT2D eigenvalue weighted by Crippen LogP contribution is -2.46. The average Bonchev–Trinajstić information content (AvgIpc) is 2.68. The maximum Gasteiger partial charge on any atom is 0.337 e. The van der Waals surface area contributed by atoms with Crippen LogP contribution in [-0.4, -0.2) is 60.7 Å². The van der Waals surface area contributed by atoms with Crippen LogP contribution in [0.15, 0.2) is 36.5 Å². The highest BCUT2D eigenvalue weighted by Crippen LogP contribution is 2.19. The molecule has 0 aliphatic carbocycles. The number of piperazine rings is 1. The second-order valence-electron chi connectivity index (χ2n) is 5.86. The highest BCUT2D eigenvalue weighted by Gasteiger charge is 2.18. The molecule has 0 atom stereocenters. The Balaban J connectivity index is 1.71. The third-order valence-electron chi connectivity index (χ3n) is 4.30. The van der Waals surface area contributed by atoms with Crippen molar-refractivity contribution in [2.45, 2.75) is 6.92 Å². The number of hydrogen-bond acceptors (Lipinski definition) is 7. The van der Waals surface area contributed by atoms with Gasteiger partial charge in [0, 0.05) is 38.1 Å². The molecule has 1 fully saturated rings. The van der Waals surface area contributed by atoms with Crippen LogP contribution in [-0.2, 0) is 4.74 Å². The quantitative estimate of drug-likeness (QED) is 0.836. The Hall–Kier alpha value is -2.67. The first-order valence-corrected chi connectivity index (χ1v) is 8.45. The lowest BCUT2D eigenvalue weighted by atomic mass is 10.2. The Bertz CT molecular complexity index is 729. The van der Waals surface area contributed by atoms with Crippen molar-refractivity contribution in [1.82, 2.24) is 14.9 Å². The molecule has 3 rings (SSSR count). The van der Waals surface area contributed by atoms with Crippen LogP contribution in [0.3, 0.4) is 0 Å². The predicted octanol–water partition coefficient (Wildman–Crippen LogP) is 2.15. The van der Waals surface area contributed by atoms with Crippen molar-refractivity contribution in [2.24, 2.45) is 0 Å². The third kappa shape index (κ3) is 4.24.